The molecule has 0 amide bonds. The molecule has 104 valence electrons. The summed E-state index contributed by atoms with van der Waals surface area (Å²) >= 11 is 3.66. The first kappa shape index (κ1) is 14.6. The smallest absolute Gasteiger partial charge is 0.109 e. The van der Waals surface area contributed by atoms with Gasteiger partial charge in [-0.15, -0.1) is 0 Å². The second-order valence-electron chi connectivity index (χ2n) is 5.19. The van der Waals surface area contributed by atoms with Gasteiger partial charge in [0.25, 0.3) is 0 Å². The number of aryl methyl sites for hydroxylation is 1. The monoisotopic (exact) mass is 322 g/mol. The van der Waals surface area contributed by atoms with E-state index >= 15 is 0 Å². The zero-order valence-corrected chi connectivity index (χ0v) is 13.5. The van der Waals surface area contributed by atoms with Gasteiger partial charge in [-0.05, 0) is 30.9 Å². The molecule has 1 aromatic heterocycles. The summed E-state index contributed by atoms with van der Waals surface area (Å²) in [7, 11) is 0. The number of alkyl halides is 1. The molecule has 0 saturated carbocycles. The Morgan fingerprint density at radius 1 is 1.21 bits per heavy atom. The summed E-state index contributed by atoms with van der Waals surface area (Å²) in [6.07, 6.45) is 4.72. The molecule has 2 rings (SSSR count). The second-order valence-corrected chi connectivity index (χ2v) is 5.83. The molecule has 3 heteroatoms. The summed E-state index contributed by atoms with van der Waals surface area (Å²) in [6, 6.07) is 8.50. The fourth-order valence-electron chi connectivity index (χ4n) is 2.63. The Morgan fingerprint density at radius 3 is 2.68 bits per heavy atom. The molecule has 19 heavy (non-hydrogen) atoms. The minimum atomic E-state index is 0.693. The fraction of sp³-hybridized carbons (Fsp3) is 0.562. The third-order valence-corrected chi connectivity index (χ3v) is 4.48. The van der Waals surface area contributed by atoms with E-state index in [-0.39, 0.29) is 0 Å². The Bertz CT molecular complexity index is 518. The van der Waals surface area contributed by atoms with Crippen LogP contribution in [-0.4, -0.2) is 14.9 Å². The average Bonchev–Trinajstić information content (AvgIpc) is 2.77. The van der Waals surface area contributed by atoms with Crippen molar-refractivity contribution in [1.82, 2.24) is 9.55 Å². The lowest BCUT2D eigenvalue weighted by molar-refractivity contribution is 0.452. The lowest BCUT2D eigenvalue weighted by Gasteiger charge is -2.16. The largest absolute Gasteiger partial charge is 0.328 e. The molecule has 0 spiro atoms. The lowest BCUT2D eigenvalue weighted by Crippen LogP contribution is -2.14. The molecule has 1 aromatic carbocycles. The van der Waals surface area contributed by atoms with E-state index in [9.17, 15) is 0 Å². The van der Waals surface area contributed by atoms with Gasteiger partial charge in [0.1, 0.15) is 5.82 Å². The zero-order chi connectivity index (χ0) is 13.7. The van der Waals surface area contributed by atoms with E-state index in [1.54, 1.807) is 0 Å². The van der Waals surface area contributed by atoms with E-state index in [0.29, 0.717) is 5.92 Å². The first-order valence-electron chi connectivity index (χ1n) is 7.30. The van der Waals surface area contributed by atoms with Crippen LogP contribution in [0.15, 0.2) is 24.3 Å². The standard InChI is InChI=1S/C16H23BrN2/c1-3-7-13(11-17)12-19-15-10-6-5-9-14(15)18-16(19)8-4-2/h5-6,9-10,13H,3-4,7-8,11-12H2,1-2H3. The maximum absolute atomic E-state index is 4.80. The van der Waals surface area contributed by atoms with Gasteiger partial charge in [-0.2, -0.15) is 0 Å². The van der Waals surface area contributed by atoms with Crippen molar-refractivity contribution in [2.45, 2.75) is 46.1 Å². The number of rotatable bonds is 7. The van der Waals surface area contributed by atoms with Gasteiger partial charge in [-0.1, -0.05) is 48.3 Å². The van der Waals surface area contributed by atoms with E-state index in [1.165, 1.54) is 24.2 Å². The Kier molecular flexibility index (Phi) is 5.44. The van der Waals surface area contributed by atoms with Crippen molar-refractivity contribution < 1.29 is 0 Å². The Balaban J connectivity index is 2.35. The summed E-state index contributed by atoms with van der Waals surface area (Å²) in [5.74, 6) is 1.93. The van der Waals surface area contributed by atoms with Crippen molar-refractivity contribution in [3.63, 3.8) is 0 Å². The normalized spacial score (nSPS) is 13.0. The SMILES string of the molecule is CCCc1nc2ccccc2n1CC(CBr)CCC. The van der Waals surface area contributed by atoms with Gasteiger partial charge in [0.05, 0.1) is 11.0 Å². The van der Waals surface area contributed by atoms with Gasteiger partial charge in [-0.25, -0.2) is 4.98 Å². The maximum atomic E-state index is 4.80. The molecule has 0 fully saturated rings. The molecule has 2 nitrogen and oxygen atoms in total. The van der Waals surface area contributed by atoms with Gasteiger partial charge in [-0.3, -0.25) is 0 Å². The molecule has 2 aromatic rings. The molecule has 0 N–H and O–H groups in total. The van der Waals surface area contributed by atoms with E-state index in [4.69, 9.17) is 4.98 Å². The molecule has 0 radical (unpaired) electrons. The summed E-state index contributed by atoms with van der Waals surface area (Å²) in [5.41, 5.74) is 2.42. The molecule has 1 unspecified atom stereocenters. The van der Waals surface area contributed by atoms with E-state index in [2.05, 4.69) is 58.6 Å². The van der Waals surface area contributed by atoms with Crippen LogP contribution in [0.4, 0.5) is 0 Å². The Morgan fingerprint density at radius 2 is 2.00 bits per heavy atom. The molecule has 1 atom stereocenters. The maximum Gasteiger partial charge on any atom is 0.109 e. The van der Waals surface area contributed by atoms with Gasteiger partial charge < -0.3 is 4.57 Å². The number of nitrogens with zero attached hydrogens (tertiary/aromatic N) is 2. The number of benzene rings is 1. The second kappa shape index (κ2) is 7.09. The first-order chi connectivity index (χ1) is 9.30. The number of aromatic nitrogens is 2. The predicted octanol–water partition coefficient (Wildman–Crippen LogP) is 4.80. The van der Waals surface area contributed by atoms with Gasteiger partial charge in [0.2, 0.25) is 0 Å². The first-order valence-corrected chi connectivity index (χ1v) is 8.42. The molecule has 0 aliphatic heterocycles. The number of halogens is 1. The third kappa shape index (κ3) is 3.38. The Hall–Kier alpha value is -0.830. The highest BCUT2D eigenvalue weighted by molar-refractivity contribution is 9.09. The lowest BCUT2D eigenvalue weighted by atomic mass is 10.1. The van der Waals surface area contributed by atoms with Crippen LogP contribution in [-0.2, 0) is 13.0 Å². The highest BCUT2D eigenvalue weighted by atomic mass is 79.9. The molecule has 0 bridgehead atoms. The summed E-state index contributed by atoms with van der Waals surface area (Å²) < 4.78 is 2.43. The van der Waals surface area contributed by atoms with Crippen molar-refractivity contribution >= 4 is 27.0 Å². The number of hydrogen-bond acceptors (Lipinski definition) is 1. The van der Waals surface area contributed by atoms with Crippen molar-refractivity contribution in [2.24, 2.45) is 5.92 Å². The summed E-state index contributed by atoms with van der Waals surface area (Å²) in [6.45, 7) is 5.56. The zero-order valence-electron chi connectivity index (χ0n) is 11.9. The van der Waals surface area contributed by atoms with Crippen LogP contribution in [0, 0.1) is 5.92 Å². The van der Waals surface area contributed by atoms with Crippen LogP contribution in [0.5, 0.6) is 0 Å². The van der Waals surface area contributed by atoms with E-state index in [0.717, 1.165) is 30.2 Å². The molecular formula is C16H23BrN2. The van der Waals surface area contributed by atoms with Crippen LogP contribution in [0.3, 0.4) is 0 Å². The number of para-hydroxylation sites is 2. The highest BCUT2D eigenvalue weighted by Crippen LogP contribution is 2.21. The van der Waals surface area contributed by atoms with Crippen LogP contribution in [0.25, 0.3) is 11.0 Å². The quantitative estimate of drug-likeness (QED) is 0.669. The molecule has 0 aliphatic rings. The topological polar surface area (TPSA) is 17.8 Å². The number of fused-ring (bicyclic) bond motifs is 1. The predicted molar refractivity (Wildman–Crippen MR) is 85.9 cm³/mol. The van der Waals surface area contributed by atoms with Gasteiger partial charge in [0, 0.05) is 18.3 Å². The highest BCUT2D eigenvalue weighted by Gasteiger charge is 2.14. The third-order valence-electron chi connectivity index (χ3n) is 3.56. The van der Waals surface area contributed by atoms with Crippen LogP contribution in [0.1, 0.15) is 38.9 Å². The van der Waals surface area contributed by atoms with Crippen molar-refractivity contribution in [1.29, 1.82) is 0 Å². The van der Waals surface area contributed by atoms with Crippen LogP contribution < -0.4 is 0 Å². The van der Waals surface area contributed by atoms with Crippen molar-refractivity contribution in [3.05, 3.63) is 30.1 Å². The molecule has 0 saturated heterocycles. The summed E-state index contributed by atoms with van der Waals surface area (Å²) in [5, 5.41) is 1.07. The van der Waals surface area contributed by atoms with Crippen LogP contribution >= 0.6 is 15.9 Å². The molecule has 1 heterocycles. The van der Waals surface area contributed by atoms with Crippen molar-refractivity contribution in [2.75, 3.05) is 5.33 Å². The molecular weight excluding hydrogens is 300 g/mol. The fourth-order valence-corrected chi connectivity index (χ4v) is 3.16. The van der Waals surface area contributed by atoms with Crippen LogP contribution in [0.2, 0.25) is 0 Å². The minimum absolute atomic E-state index is 0.693. The summed E-state index contributed by atoms with van der Waals surface area (Å²) in [4.78, 5) is 4.80. The number of hydrogen-bond donors (Lipinski definition) is 0. The molecule has 0 aliphatic carbocycles. The Labute approximate surface area is 124 Å². The van der Waals surface area contributed by atoms with Gasteiger partial charge in [0.15, 0.2) is 0 Å². The van der Waals surface area contributed by atoms with E-state index < -0.39 is 0 Å². The van der Waals surface area contributed by atoms with Crippen molar-refractivity contribution in [3.8, 4) is 0 Å². The average molecular weight is 323 g/mol. The van der Waals surface area contributed by atoms with Gasteiger partial charge >= 0.3 is 0 Å². The minimum Gasteiger partial charge on any atom is -0.328 e. The number of imidazole rings is 1. The van der Waals surface area contributed by atoms with E-state index in [1.807, 2.05) is 0 Å².